The molecule has 0 spiro atoms. The number of nitrogens with zero attached hydrogens (tertiary/aromatic N) is 1. The smallest absolute Gasteiger partial charge is 0.321 e. The Kier molecular flexibility index (Phi) is 6.47. The van der Waals surface area contributed by atoms with E-state index in [0.29, 0.717) is 4.47 Å². The van der Waals surface area contributed by atoms with Crippen LogP contribution in [0.2, 0.25) is 5.02 Å². The van der Waals surface area contributed by atoms with Gasteiger partial charge in [-0.3, -0.25) is 4.79 Å². The fraction of sp³-hybridized carbons (Fsp3) is 0.263. The highest BCUT2D eigenvalue weighted by Crippen LogP contribution is 2.37. The van der Waals surface area contributed by atoms with Gasteiger partial charge in [-0.25, -0.2) is 4.39 Å². The molecule has 0 aliphatic rings. The number of carbonyl (C=O) groups is 1. The van der Waals surface area contributed by atoms with Gasteiger partial charge in [-0.05, 0) is 57.6 Å². The van der Waals surface area contributed by atoms with Crippen LogP contribution in [-0.4, -0.2) is 17.1 Å². The second kappa shape index (κ2) is 8.26. The lowest BCUT2D eigenvalue weighted by molar-refractivity contribution is -0.141. The summed E-state index contributed by atoms with van der Waals surface area (Å²) in [6, 6.07) is 8.31. The van der Waals surface area contributed by atoms with Gasteiger partial charge in [0.15, 0.2) is 11.6 Å². The molecule has 8 heteroatoms. The SMILES string of the molecule is CC(C)(Cc1ccc(Br)c(Oc2cc(Cl)cc(C#N)c2)c1F)[C@H](N)C(=O)O. The number of rotatable bonds is 6. The van der Waals surface area contributed by atoms with E-state index in [0.717, 1.165) is 0 Å². The van der Waals surface area contributed by atoms with E-state index in [-0.39, 0.29) is 34.1 Å². The number of hydrogen-bond donors (Lipinski definition) is 2. The van der Waals surface area contributed by atoms with E-state index >= 15 is 4.39 Å². The molecule has 1 atom stereocenters. The molecule has 2 rings (SSSR count). The number of halogens is 3. The van der Waals surface area contributed by atoms with Crippen LogP contribution in [-0.2, 0) is 11.2 Å². The Bertz CT molecular complexity index is 928. The Balaban J connectivity index is 2.40. The maximum atomic E-state index is 15.1. The molecule has 0 aliphatic heterocycles. The second-order valence-corrected chi connectivity index (χ2v) is 8.01. The van der Waals surface area contributed by atoms with Crippen molar-refractivity contribution in [3.8, 4) is 17.6 Å². The highest BCUT2D eigenvalue weighted by Gasteiger charge is 2.33. The molecule has 0 radical (unpaired) electrons. The summed E-state index contributed by atoms with van der Waals surface area (Å²) in [5.74, 6) is -1.68. The van der Waals surface area contributed by atoms with Crippen molar-refractivity contribution < 1.29 is 19.0 Å². The minimum atomic E-state index is -1.16. The topological polar surface area (TPSA) is 96.3 Å². The van der Waals surface area contributed by atoms with Crippen LogP contribution in [0.3, 0.4) is 0 Å². The summed E-state index contributed by atoms with van der Waals surface area (Å²) in [4.78, 5) is 11.2. The Hall–Kier alpha value is -2.14. The van der Waals surface area contributed by atoms with Crippen molar-refractivity contribution >= 4 is 33.5 Å². The van der Waals surface area contributed by atoms with Gasteiger partial charge in [0, 0.05) is 5.02 Å². The van der Waals surface area contributed by atoms with Crippen LogP contribution < -0.4 is 10.5 Å². The number of aliphatic carboxylic acids is 1. The van der Waals surface area contributed by atoms with Gasteiger partial charge in [0.2, 0.25) is 0 Å². The van der Waals surface area contributed by atoms with E-state index in [4.69, 9.17) is 32.4 Å². The summed E-state index contributed by atoms with van der Waals surface area (Å²) in [5, 5.41) is 18.4. The lowest BCUT2D eigenvalue weighted by Gasteiger charge is -2.29. The summed E-state index contributed by atoms with van der Waals surface area (Å²) >= 11 is 9.19. The third kappa shape index (κ3) is 4.98. The lowest BCUT2D eigenvalue weighted by Crippen LogP contribution is -2.45. The van der Waals surface area contributed by atoms with Gasteiger partial charge in [-0.2, -0.15) is 5.26 Å². The summed E-state index contributed by atoms with van der Waals surface area (Å²) < 4.78 is 21.0. The largest absolute Gasteiger partial charge is 0.480 e. The predicted molar refractivity (Wildman–Crippen MR) is 103 cm³/mol. The van der Waals surface area contributed by atoms with Crippen LogP contribution in [0.4, 0.5) is 4.39 Å². The van der Waals surface area contributed by atoms with E-state index in [9.17, 15) is 4.79 Å². The molecule has 142 valence electrons. The van der Waals surface area contributed by atoms with E-state index in [1.165, 1.54) is 18.2 Å². The zero-order valence-corrected chi connectivity index (χ0v) is 16.9. The first kappa shape index (κ1) is 21.2. The van der Waals surface area contributed by atoms with Crippen LogP contribution in [0, 0.1) is 22.6 Å². The van der Waals surface area contributed by atoms with E-state index in [1.54, 1.807) is 26.0 Å². The molecule has 0 fully saturated rings. The van der Waals surface area contributed by atoms with Gasteiger partial charge in [0.1, 0.15) is 11.8 Å². The van der Waals surface area contributed by atoms with Crippen molar-refractivity contribution in [3.05, 3.63) is 56.8 Å². The maximum absolute atomic E-state index is 15.1. The van der Waals surface area contributed by atoms with Crippen LogP contribution in [0.1, 0.15) is 25.0 Å². The third-order valence-corrected chi connectivity index (χ3v) is 4.95. The molecule has 0 saturated heterocycles. The first-order valence-corrected chi connectivity index (χ1v) is 9.06. The van der Waals surface area contributed by atoms with Gasteiger partial charge in [0.25, 0.3) is 0 Å². The highest BCUT2D eigenvalue weighted by molar-refractivity contribution is 9.10. The van der Waals surface area contributed by atoms with Crippen molar-refractivity contribution in [3.63, 3.8) is 0 Å². The fourth-order valence-electron chi connectivity index (χ4n) is 2.54. The molecular formula is C19H17BrClFN2O3. The molecule has 0 aliphatic carbocycles. The van der Waals surface area contributed by atoms with Crippen molar-refractivity contribution in [2.45, 2.75) is 26.3 Å². The molecule has 3 N–H and O–H groups in total. The Morgan fingerprint density at radius 3 is 2.70 bits per heavy atom. The molecule has 0 bridgehead atoms. The lowest BCUT2D eigenvalue weighted by atomic mass is 9.79. The van der Waals surface area contributed by atoms with Crippen LogP contribution >= 0.6 is 27.5 Å². The fourth-order valence-corrected chi connectivity index (χ4v) is 3.15. The average molecular weight is 456 g/mol. The number of nitriles is 1. The summed E-state index contributed by atoms with van der Waals surface area (Å²) in [6.07, 6.45) is 0.0922. The predicted octanol–water partition coefficient (Wildman–Crippen LogP) is 4.89. The number of carboxylic acid groups (broad SMARTS) is 1. The van der Waals surface area contributed by atoms with Gasteiger partial charge >= 0.3 is 5.97 Å². The Labute approximate surface area is 169 Å². The second-order valence-electron chi connectivity index (χ2n) is 6.72. The zero-order chi connectivity index (χ0) is 20.4. The Morgan fingerprint density at radius 1 is 1.44 bits per heavy atom. The van der Waals surface area contributed by atoms with Gasteiger partial charge in [-0.15, -0.1) is 0 Å². The van der Waals surface area contributed by atoms with E-state index in [2.05, 4.69) is 15.9 Å². The number of benzene rings is 2. The third-order valence-electron chi connectivity index (χ3n) is 4.10. The Morgan fingerprint density at radius 2 is 2.11 bits per heavy atom. The molecule has 0 heterocycles. The van der Waals surface area contributed by atoms with Crippen LogP contribution in [0.25, 0.3) is 0 Å². The zero-order valence-electron chi connectivity index (χ0n) is 14.6. The maximum Gasteiger partial charge on any atom is 0.321 e. The van der Waals surface area contributed by atoms with Crippen molar-refractivity contribution in [1.29, 1.82) is 5.26 Å². The van der Waals surface area contributed by atoms with Crippen molar-refractivity contribution in [2.75, 3.05) is 0 Å². The van der Waals surface area contributed by atoms with Crippen molar-refractivity contribution in [1.82, 2.24) is 0 Å². The quantitative estimate of drug-likeness (QED) is 0.647. The first-order chi connectivity index (χ1) is 12.5. The molecule has 0 amide bonds. The summed E-state index contributed by atoms with van der Waals surface area (Å²) in [6.45, 7) is 3.31. The van der Waals surface area contributed by atoms with E-state index < -0.39 is 23.2 Å². The minimum Gasteiger partial charge on any atom is -0.480 e. The number of ether oxygens (including phenoxy) is 1. The molecule has 0 saturated carbocycles. The van der Waals surface area contributed by atoms with Gasteiger partial charge in [-0.1, -0.05) is 31.5 Å². The number of nitrogens with two attached hydrogens (primary N) is 1. The van der Waals surface area contributed by atoms with Crippen LogP contribution in [0.15, 0.2) is 34.8 Å². The minimum absolute atomic E-state index is 0.0849. The van der Waals surface area contributed by atoms with Gasteiger partial charge in [0.05, 0.1) is 16.1 Å². The molecule has 0 unspecified atom stereocenters. The summed E-state index contributed by atoms with van der Waals surface area (Å²) in [5.41, 5.74) is 5.38. The molecule has 27 heavy (non-hydrogen) atoms. The van der Waals surface area contributed by atoms with Gasteiger partial charge < -0.3 is 15.6 Å². The van der Waals surface area contributed by atoms with Crippen molar-refractivity contribution in [2.24, 2.45) is 11.1 Å². The standard InChI is InChI=1S/C19H17BrClFN2O3/c1-19(2,17(24)18(25)26)8-11-3-4-14(20)16(15(11)22)27-13-6-10(9-23)5-12(21)7-13/h3-7,17H,8,24H2,1-2H3,(H,25,26)/t17-/m1/s1. The molecular weight excluding hydrogens is 439 g/mol. The average Bonchev–Trinajstić information content (AvgIpc) is 2.59. The number of hydrogen-bond acceptors (Lipinski definition) is 4. The van der Waals surface area contributed by atoms with Crippen LogP contribution in [0.5, 0.6) is 11.5 Å². The molecule has 2 aromatic carbocycles. The van der Waals surface area contributed by atoms with E-state index in [1.807, 2.05) is 6.07 Å². The monoisotopic (exact) mass is 454 g/mol. The molecule has 5 nitrogen and oxygen atoms in total. The highest BCUT2D eigenvalue weighted by atomic mass is 79.9. The molecule has 0 aromatic heterocycles. The normalized spacial score (nSPS) is 12.3. The summed E-state index contributed by atoms with van der Waals surface area (Å²) in [7, 11) is 0. The molecule has 2 aromatic rings. The first-order valence-electron chi connectivity index (χ1n) is 7.89. The number of carboxylic acids is 1.